The van der Waals surface area contributed by atoms with Crippen LogP contribution in [0.15, 0.2) is 10.9 Å². The van der Waals surface area contributed by atoms with Crippen LogP contribution in [0.25, 0.3) is 0 Å². The molecule has 2 atom stereocenters. The summed E-state index contributed by atoms with van der Waals surface area (Å²) in [4.78, 5) is 4.02. The second kappa shape index (κ2) is 2.55. The normalized spacial score (nSPS) is 35.7. The lowest BCUT2D eigenvalue weighted by Crippen LogP contribution is -2.40. The standard InChI is InChI=1S/C8H13N3O/c1-6-3-2-4-8(6,9)7-10-5-12-11-7/h5-6H,2-4,9H2,1H3. The van der Waals surface area contributed by atoms with Crippen molar-refractivity contribution in [3.05, 3.63) is 12.2 Å². The molecule has 1 saturated carbocycles. The molecule has 12 heavy (non-hydrogen) atoms. The van der Waals surface area contributed by atoms with Crippen LogP contribution in [-0.4, -0.2) is 10.1 Å². The molecule has 0 saturated heterocycles. The van der Waals surface area contributed by atoms with Crippen molar-refractivity contribution >= 4 is 0 Å². The lowest BCUT2D eigenvalue weighted by atomic mass is 9.89. The van der Waals surface area contributed by atoms with Crippen LogP contribution in [0.1, 0.15) is 32.0 Å². The van der Waals surface area contributed by atoms with E-state index in [-0.39, 0.29) is 5.54 Å². The molecule has 0 aliphatic heterocycles. The Morgan fingerprint density at radius 3 is 3.08 bits per heavy atom. The molecule has 4 nitrogen and oxygen atoms in total. The molecule has 2 unspecified atom stereocenters. The van der Waals surface area contributed by atoms with Gasteiger partial charge < -0.3 is 10.3 Å². The molecule has 1 aromatic heterocycles. The summed E-state index contributed by atoms with van der Waals surface area (Å²) in [5.74, 6) is 1.11. The molecule has 1 fully saturated rings. The SMILES string of the molecule is CC1CCCC1(N)c1ncon1. The molecule has 1 aliphatic carbocycles. The number of aromatic nitrogens is 2. The Morgan fingerprint density at radius 2 is 2.58 bits per heavy atom. The summed E-state index contributed by atoms with van der Waals surface area (Å²) in [5.41, 5.74) is 5.84. The first-order valence-electron chi connectivity index (χ1n) is 4.29. The maximum absolute atomic E-state index is 6.18. The predicted molar refractivity (Wildman–Crippen MR) is 43.2 cm³/mol. The molecule has 66 valence electrons. The first-order chi connectivity index (χ1) is 5.73. The van der Waals surface area contributed by atoms with Crippen molar-refractivity contribution in [1.82, 2.24) is 10.1 Å². The zero-order valence-corrected chi connectivity index (χ0v) is 7.16. The Hall–Kier alpha value is -0.900. The van der Waals surface area contributed by atoms with Gasteiger partial charge in [-0.15, -0.1) is 0 Å². The Bertz CT molecular complexity index is 259. The molecule has 1 heterocycles. The second-order valence-corrected chi connectivity index (χ2v) is 3.59. The van der Waals surface area contributed by atoms with Crippen LogP contribution < -0.4 is 5.73 Å². The van der Waals surface area contributed by atoms with Crippen LogP contribution in [0.5, 0.6) is 0 Å². The monoisotopic (exact) mass is 167 g/mol. The largest absolute Gasteiger partial charge is 0.343 e. The highest BCUT2D eigenvalue weighted by molar-refractivity contribution is 5.07. The van der Waals surface area contributed by atoms with Crippen LogP contribution in [0.4, 0.5) is 0 Å². The Labute approximate surface area is 71.1 Å². The number of nitrogens with two attached hydrogens (primary N) is 1. The molecule has 0 amide bonds. The Kier molecular flexibility index (Phi) is 1.65. The third kappa shape index (κ3) is 0.948. The quantitative estimate of drug-likeness (QED) is 0.678. The van der Waals surface area contributed by atoms with E-state index in [1.54, 1.807) is 0 Å². The van der Waals surface area contributed by atoms with E-state index in [1.807, 2.05) is 0 Å². The molecular weight excluding hydrogens is 154 g/mol. The van der Waals surface area contributed by atoms with Gasteiger partial charge in [0.2, 0.25) is 6.39 Å². The van der Waals surface area contributed by atoms with Gasteiger partial charge in [0.1, 0.15) is 0 Å². The average Bonchev–Trinajstić information content (AvgIpc) is 2.62. The van der Waals surface area contributed by atoms with E-state index >= 15 is 0 Å². The molecule has 0 radical (unpaired) electrons. The number of nitrogens with zero attached hydrogens (tertiary/aromatic N) is 2. The van der Waals surface area contributed by atoms with Crippen LogP contribution >= 0.6 is 0 Å². The molecule has 4 heteroatoms. The van der Waals surface area contributed by atoms with Crippen molar-refractivity contribution in [3.63, 3.8) is 0 Å². The average molecular weight is 167 g/mol. The second-order valence-electron chi connectivity index (χ2n) is 3.59. The maximum atomic E-state index is 6.18. The zero-order chi connectivity index (χ0) is 8.60. The number of rotatable bonds is 1. The van der Waals surface area contributed by atoms with Gasteiger partial charge in [0.25, 0.3) is 0 Å². The third-order valence-corrected chi connectivity index (χ3v) is 2.88. The van der Waals surface area contributed by atoms with E-state index in [9.17, 15) is 0 Å². The molecule has 0 spiro atoms. The first-order valence-corrected chi connectivity index (χ1v) is 4.29. The number of hydrogen-bond acceptors (Lipinski definition) is 4. The first kappa shape index (κ1) is 7.73. The van der Waals surface area contributed by atoms with Crippen molar-refractivity contribution in [2.24, 2.45) is 11.7 Å². The smallest absolute Gasteiger partial charge is 0.213 e. The van der Waals surface area contributed by atoms with Gasteiger partial charge in [-0.3, -0.25) is 0 Å². The zero-order valence-electron chi connectivity index (χ0n) is 7.16. The number of hydrogen-bond donors (Lipinski definition) is 1. The maximum Gasteiger partial charge on any atom is 0.213 e. The highest BCUT2D eigenvalue weighted by Gasteiger charge is 2.41. The van der Waals surface area contributed by atoms with Crippen molar-refractivity contribution in [2.75, 3.05) is 0 Å². The van der Waals surface area contributed by atoms with E-state index in [0.717, 1.165) is 19.3 Å². The minimum absolute atomic E-state index is 0.340. The molecule has 1 aliphatic rings. The minimum Gasteiger partial charge on any atom is -0.343 e. The van der Waals surface area contributed by atoms with E-state index in [4.69, 9.17) is 10.3 Å². The fourth-order valence-corrected chi connectivity index (χ4v) is 1.91. The molecule has 0 bridgehead atoms. The summed E-state index contributed by atoms with van der Waals surface area (Å²) in [6.07, 6.45) is 4.62. The summed E-state index contributed by atoms with van der Waals surface area (Å²) < 4.78 is 4.70. The fraction of sp³-hybridized carbons (Fsp3) is 0.750. The lowest BCUT2D eigenvalue weighted by molar-refractivity contribution is 0.308. The van der Waals surface area contributed by atoms with Gasteiger partial charge in [-0.05, 0) is 18.8 Å². The summed E-state index contributed by atoms with van der Waals surface area (Å²) in [5, 5.41) is 3.81. The molecule has 0 aromatic carbocycles. The van der Waals surface area contributed by atoms with Gasteiger partial charge in [-0.25, -0.2) is 0 Å². The van der Waals surface area contributed by atoms with E-state index in [0.29, 0.717) is 11.7 Å². The van der Waals surface area contributed by atoms with Gasteiger partial charge >= 0.3 is 0 Å². The molecular formula is C8H13N3O. The fourth-order valence-electron chi connectivity index (χ4n) is 1.91. The van der Waals surface area contributed by atoms with Crippen molar-refractivity contribution in [1.29, 1.82) is 0 Å². The lowest BCUT2D eigenvalue weighted by Gasteiger charge is -2.24. The minimum atomic E-state index is -0.340. The summed E-state index contributed by atoms with van der Waals surface area (Å²) in [7, 11) is 0. The van der Waals surface area contributed by atoms with Gasteiger partial charge in [0.05, 0.1) is 5.54 Å². The summed E-state index contributed by atoms with van der Waals surface area (Å²) in [6.45, 7) is 2.14. The van der Waals surface area contributed by atoms with Gasteiger partial charge in [0, 0.05) is 0 Å². The van der Waals surface area contributed by atoms with Crippen LogP contribution in [0, 0.1) is 5.92 Å². The summed E-state index contributed by atoms with van der Waals surface area (Å²) in [6, 6.07) is 0. The van der Waals surface area contributed by atoms with E-state index in [2.05, 4.69) is 17.1 Å². The molecule has 2 N–H and O–H groups in total. The highest BCUT2D eigenvalue weighted by Crippen LogP contribution is 2.39. The molecule has 1 aromatic rings. The Morgan fingerprint density at radius 1 is 1.75 bits per heavy atom. The highest BCUT2D eigenvalue weighted by atomic mass is 16.5. The predicted octanol–water partition coefficient (Wildman–Crippen LogP) is 1.04. The van der Waals surface area contributed by atoms with Gasteiger partial charge in [0.15, 0.2) is 5.82 Å². The Balaban J connectivity index is 2.32. The van der Waals surface area contributed by atoms with Crippen molar-refractivity contribution in [3.8, 4) is 0 Å². The van der Waals surface area contributed by atoms with Crippen LogP contribution in [-0.2, 0) is 5.54 Å². The van der Waals surface area contributed by atoms with E-state index < -0.39 is 0 Å². The van der Waals surface area contributed by atoms with Gasteiger partial charge in [-0.2, -0.15) is 4.98 Å². The van der Waals surface area contributed by atoms with Crippen molar-refractivity contribution < 1.29 is 4.52 Å². The summed E-state index contributed by atoms with van der Waals surface area (Å²) >= 11 is 0. The third-order valence-electron chi connectivity index (χ3n) is 2.88. The topological polar surface area (TPSA) is 64.9 Å². The van der Waals surface area contributed by atoms with Gasteiger partial charge in [-0.1, -0.05) is 18.5 Å². The van der Waals surface area contributed by atoms with E-state index in [1.165, 1.54) is 6.39 Å². The van der Waals surface area contributed by atoms with Crippen molar-refractivity contribution in [2.45, 2.75) is 31.7 Å². The van der Waals surface area contributed by atoms with Crippen LogP contribution in [0.2, 0.25) is 0 Å². The molecule has 2 rings (SSSR count). The van der Waals surface area contributed by atoms with Crippen LogP contribution in [0.3, 0.4) is 0 Å².